The first-order chi connectivity index (χ1) is 13.9. The van der Waals surface area contributed by atoms with Crippen LogP contribution in [0.3, 0.4) is 0 Å². The van der Waals surface area contributed by atoms with Crippen LogP contribution in [0.4, 0.5) is 5.69 Å². The van der Waals surface area contributed by atoms with Gasteiger partial charge in [0.05, 0.1) is 5.56 Å². The Morgan fingerprint density at radius 3 is 2.21 bits per heavy atom. The number of phenolic OH excluding ortho intramolecular Hbond substituents is 1. The topological polar surface area (TPSA) is 92.7 Å². The van der Waals surface area contributed by atoms with Crippen LogP contribution in [0.1, 0.15) is 39.3 Å². The van der Waals surface area contributed by atoms with Gasteiger partial charge in [0.1, 0.15) is 5.75 Å². The molecule has 0 saturated carbocycles. The van der Waals surface area contributed by atoms with Crippen molar-refractivity contribution in [2.75, 3.05) is 5.32 Å². The maximum Gasteiger partial charge on any atom is 0.339 e. The van der Waals surface area contributed by atoms with E-state index in [9.17, 15) is 19.5 Å². The lowest BCUT2D eigenvalue weighted by molar-refractivity contribution is -0.125. The standard InChI is InChI=1S/C23H19NO5/c1-15(25)18-8-5-9-19(14-18)24-22(27)21(16-6-3-2-4-7-16)29-23(28)17-10-12-20(26)13-11-17/h2-14,21,26H,1H3,(H,24,27)/t21-/m0/s1. The summed E-state index contributed by atoms with van der Waals surface area (Å²) in [7, 11) is 0. The number of nitrogens with one attached hydrogen (secondary N) is 1. The summed E-state index contributed by atoms with van der Waals surface area (Å²) >= 11 is 0. The van der Waals surface area contributed by atoms with Crippen molar-refractivity contribution in [3.8, 4) is 5.75 Å². The van der Waals surface area contributed by atoms with E-state index in [4.69, 9.17) is 4.74 Å². The summed E-state index contributed by atoms with van der Waals surface area (Å²) in [5.41, 5.74) is 1.58. The fourth-order valence-electron chi connectivity index (χ4n) is 2.70. The van der Waals surface area contributed by atoms with Crippen LogP contribution in [0, 0.1) is 0 Å². The number of Topliss-reactive ketones (excluding diaryl/α,β-unsaturated/α-hetero) is 1. The van der Waals surface area contributed by atoms with Crippen LogP contribution in [-0.2, 0) is 9.53 Å². The minimum atomic E-state index is -1.20. The number of anilines is 1. The van der Waals surface area contributed by atoms with Crippen molar-refractivity contribution in [1.29, 1.82) is 0 Å². The van der Waals surface area contributed by atoms with Gasteiger partial charge >= 0.3 is 5.97 Å². The fourth-order valence-corrected chi connectivity index (χ4v) is 2.70. The Labute approximate surface area is 167 Å². The number of hydrogen-bond acceptors (Lipinski definition) is 5. The summed E-state index contributed by atoms with van der Waals surface area (Å²) in [5, 5.41) is 12.1. The number of aromatic hydroxyl groups is 1. The molecule has 0 aliphatic carbocycles. The zero-order valence-electron chi connectivity index (χ0n) is 15.7. The van der Waals surface area contributed by atoms with Gasteiger partial charge in [0.15, 0.2) is 5.78 Å². The molecule has 3 rings (SSSR count). The van der Waals surface area contributed by atoms with Crippen LogP contribution in [0.25, 0.3) is 0 Å². The molecule has 3 aromatic carbocycles. The minimum absolute atomic E-state index is 0.0178. The molecule has 6 nitrogen and oxygen atoms in total. The molecule has 3 aromatic rings. The fraction of sp³-hybridized carbons (Fsp3) is 0.0870. The van der Waals surface area contributed by atoms with E-state index in [0.717, 1.165) is 0 Å². The average Bonchev–Trinajstić information content (AvgIpc) is 2.73. The highest BCUT2D eigenvalue weighted by Gasteiger charge is 2.26. The smallest absolute Gasteiger partial charge is 0.339 e. The van der Waals surface area contributed by atoms with Gasteiger partial charge in [-0.25, -0.2) is 4.79 Å². The Morgan fingerprint density at radius 1 is 0.862 bits per heavy atom. The van der Waals surface area contributed by atoms with E-state index in [2.05, 4.69) is 5.32 Å². The molecule has 0 spiro atoms. The summed E-state index contributed by atoms with van der Waals surface area (Å²) in [4.78, 5) is 37.0. The summed E-state index contributed by atoms with van der Waals surface area (Å²) in [5.74, 6) is -1.36. The molecule has 0 aromatic heterocycles. The van der Waals surface area contributed by atoms with E-state index in [1.165, 1.54) is 31.2 Å². The number of esters is 1. The Balaban J connectivity index is 1.84. The van der Waals surface area contributed by atoms with Crippen LogP contribution in [0.5, 0.6) is 5.75 Å². The molecule has 0 bridgehead atoms. The minimum Gasteiger partial charge on any atom is -0.508 e. The van der Waals surface area contributed by atoms with Crippen molar-refractivity contribution in [2.24, 2.45) is 0 Å². The first-order valence-corrected chi connectivity index (χ1v) is 8.91. The lowest BCUT2D eigenvalue weighted by Crippen LogP contribution is -2.26. The quantitative estimate of drug-likeness (QED) is 0.488. The van der Waals surface area contributed by atoms with Crippen molar-refractivity contribution in [3.05, 3.63) is 95.6 Å². The average molecular weight is 389 g/mol. The summed E-state index contributed by atoms with van der Waals surface area (Å²) < 4.78 is 5.47. The lowest BCUT2D eigenvalue weighted by Gasteiger charge is -2.18. The Bertz CT molecular complexity index is 1030. The van der Waals surface area contributed by atoms with Crippen molar-refractivity contribution in [2.45, 2.75) is 13.0 Å². The number of rotatable bonds is 6. The Morgan fingerprint density at radius 2 is 1.55 bits per heavy atom. The van der Waals surface area contributed by atoms with Gasteiger partial charge < -0.3 is 15.2 Å². The van der Waals surface area contributed by atoms with Crippen LogP contribution < -0.4 is 5.32 Å². The molecule has 0 radical (unpaired) electrons. The van der Waals surface area contributed by atoms with Gasteiger partial charge in [-0.15, -0.1) is 0 Å². The molecule has 146 valence electrons. The Kier molecular flexibility index (Phi) is 6.04. The third-order valence-corrected chi connectivity index (χ3v) is 4.20. The van der Waals surface area contributed by atoms with Crippen molar-refractivity contribution < 1.29 is 24.2 Å². The van der Waals surface area contributed by atoms with E-state index in [-0.39, 0.29) is 17.1 Å². The number of amides is 1. The molecule has 29 heavy (non-hydrogen) atoms. The number of carbonyl (C=O) groups excluding carboxylic acids is 3. The van der Waals surface area contributed by atoms with Gasteiger partial charge in [-0.3, -0.25) is 9.59 Å². The molecule has 0 saturated heterocycles. The monoisotopic (exact) mass is 389 g/mol. The van der Waals surface area contributed by atoms with Gasteiger partial charge in [0, 0.05) is 16.8 Å². The third-order valence-electron chi connectivity index (χ3n) is 4.20. The van der Waals surface area contributed by atoms with Gasteiger partial charge in [-0.1, -0.05) is 42.5 Å². The maximum absolute atomic E-state index is 12.9. The molecule has 0 aliphatic heterocycles. The molecule has 1 amide bonds. The molecule has 0 fully saturated rings. The molecule has 2 N–H and O–H groups in total. The zero-order valence-corrected chi connectivity index (χ0v) is 15.7. The second kappa shape index (κ2) is 8.84. The lowest BCUT2D eigenvalue weighted by atomic mass is 10.1. The molecule has 6 heteroatoms. The Hall–Kier alpha value is -3.93. The predicted molar refractivity (Wildman–Crippen MR) is 108 cm³/mol. The number of phenols is 1. The number of carbonyl (C=O) groups is 3. The normalized spacial score (nSPS) is 11.3. The maximum atomic E-state index is 12.9. The molecule has 0 unspecified atom stereocenters. The zero-order chi connectivity index (χ0) is 20.8. The highest BCUT2D eigenvalue weighted by atomic mass is 16.5. The van der Waals surface area contributed by atoms with Gasteiger partial charge in [-0.2, -0.15) is 0 Å². The molecular formula is C23H19NO5. The van der Waals surface area contributed by atoms with Crippen molar-refractivity contribution >= 4 is 23.3 Å². The molecule has 0 heterocycles. The summed E-state index contributed by atoms with van der Waals surface area (Å²) in [6.45, 7) is 1.44. The van der Waals surface area contributed by atoms with Crippen LogP contribution in [-0.4, -0.2) is 22.8 Å². The van der Waals surface area contributed by atoms with Crippen LogP contribution >= 0.6 is 0 Å². The largest absolute Gasteiger partial charge is 0.508 e. The van der Waals surface area contributed by atoms with Crippen molar-refractivity contribution in [1.82, 2.24) is 0 Å². The molecule has 1 atom stereocenters. The first kappa shape index (κ1) is 19.8. The number of ketones is 1. The second-order valence-electron chi connectivity index (χ2n) is 6.37. The van der Waals surface area contributed by atoms with E-state index in [1.54, 1.807) is 54.6 Å². The summed E-state index contributed by atoms with van der Waals surface area (Å²) in [6, 6.07) is 20.7. The van der Waals surface area contributed by atoms with E-state index < -0.39 is 18.0 Å². The van der Waals surface area contributed by atoms with E-state index in [1.807, 2.05) is 0 Å². The van der Waals surface area contributed by atoms with Crippen LogP contribution in [0.2, 0.25) is 0 Å². The van der Waals surface area contributed by atoms with E-state index >= 15 is 0 Å². The predicted octanol–water partition coefficient (Wildman–Crippen LogP) is 4.13. The van der Waals surface area contributed by atoms with Crippen LogP contribution in [0.15, 0.2) is 78.9 Å². The van der Waals surface area contributed by atoms with Gasteiger partial charge in [-0.05, 0) is 43.3 Å². The number of hydrogen-bond donors (Lipinski definition) is 2. The second-order valence-corrected chi connectivity index (χ2v) is 6.37. The molecule has 0 aliphatic rings. The highest BCUT2D eigenvalue weighted by molar-refractivity contribution is 6.00. The SMILES string of the molecule is CC(=O)c1cccc(NC(=O)[C@@H](OC(=O)c2ccc(O)cc2)c2ccccc2)c1. The van der Waals surface area contributed by atoms with Crippen molar-refractivity contribution in [3.63, 3.8) is 0 Å². The first-order valence-electron chi connectivity index (χ1n) is 8.91. The van der Waals surface area contributed by atoms with Gasteiger partial charge in [0.25, 0.3) is 5.91 Å². The summed E-state index contributed by atoms with van der Waals surface area (Å²) in [6.07, 6.45) is -1.20. The number of benzene rings is 3. The number of ether oxygens (including phenoxy) is 1. The molecular weight excluding hydrogens is 370 g/mol. The highest BCUT2D eigenvalue weighted by Crippen LogP contribution is 2.23. The van der Waals surface area contributed by atoms with E-state index in [0.29, 0.717) is 16.8 Å². The van der Waals surface area contributed by atoms with Gasteiger partial charge in [0.2, 0.25) is 6.10 Å². The third kappa shape index (κ3) is 5.07.